The van der Waals surface area contributed by atoms with Gasteiger partial charge in [-0.3, -0.25) is 0 Å². The lowest BCUT2D eigenvalue weighted by atomic mass is 10.1. The first kappa shape index (κ1) is 22.7. The Labute approximate surface area is 198 Å². The Morgan fingerprint density at radius 1 is 0.914 bits per heavy atom. The zero-order chi connectivity index (χ0) is 24.3. The van der Waals surface area contributed by atoms with Crippen molar-refractivity contribution in [3.05, 3.63) is 66.3 Å². The van der Waals surface area contributed by atoms with E-state index in [0.717, 1.165) is 35.7 Å². The number of aromatic nitrogens is 5. The summed E-state index contributed by atoms with van der Waals surface area (Å²) in [4.78, 5) is 18.9. The van der Waals surface area contributed by atoms with Crippen LogP contribution in [0.4, 0.5) is 24.9 Å². The van der Waals surface area contributed by atoms with Gasteiger partial charge in [-0.2, -0.15) is 18.2 Å². The maximum absolute atomic E-state index is 12.6. The second kappa shape index (κ2) is 9.66. The molecule has 1 aliphatic heterocycles. The van der Waals surface area contributed by atoms with Crippen molar-refractivity contribution in [2.45, 2.75) is 12.7 Å². The molecule has 1 aliphatic rings. The third kappa shape index (κ3) is 5.38. The molecule has 0 saturated carbocycles. The highest BCUT2D eigenvalue weighted by Gasteiger charge is 2.38. The lowest BCUT2D eigenvalue weighted by Gasteiger charge is -2.27. The largest absolute Gasteiger partial charge is 0.471 e. The van der Waals surface area contributed by atoms with Gasteiger partial charge in [0.05, 0.1) is 18.9 Å². The first-order valence-corrected chi connectivity index (χ1v) is 10.8. The SMILES string of the molecule is FC(F)(F)c1nc(-c2ccc(CNc3nccc(-c4ccc(N5CCOCC5)nc4)n3)cc2)no1. The summed E-state index contributed by atoms with van der Waals surface area (Å²) in [7, 11) is 0. The summed E-state index contributed by atoms with van der Waals surface area (Å²) < 4.78 is 47.6. The Kier molecular flexibility index (Phi) is 6.27. The van der Waals surface area contributed by atoms with Crippen LogP contribution in [0.5, 0.6) is 0 Å². The van der Waals surface area contributed by atoms with Crippen molar-refractivity contribution >= 4 is 11.8 Å². The number of benzene rings is 1. The second-order valence-electron chi connectivity index (χ2n) is 7.74. The smallest absolute Gasteiger partial charge is 0.378 e. The first-order chi connectivity index (χ1) is 17.0. The minimum Gasteiger partial charge on any atom is -0.378 e. The third-order valence-corrected chi connectivity index (χ3v) is 5.37. The van der Waals surface area contributed by atoms with Crippen LogP contribution in [0.2, 0.25) is 0 Å². The van der Waals surface area contributed by atoms with Gasteiger partial charge in [0.1, 0.15) is 5.82 Å². The molecule has 0 unspecified atom stereocenters. The van der Waals surface area contributed by atoms with E-state index in [-0.39, 0.29) is 5.82 Å². The van der Waals surface area contributed by atoms with E-state index in [1.807, 2.05) is 18.2 Å². The zero-order valence-electron chi connectivity index (χ0n) is 18.4. The van der Waals surface area contributed by atoms with E-state index in [1.54, 1.807) is 36.7 Å². The Morgan fingerprint density at radius 3 is 2.37 bits per heavy atom. The lowest BCUT2D eigenvalue weighted by Crippen LogP contribution is -2.36. The molecule has 35 heavy (non-hydrogen) atoms. The Hall–Kier alpha value is -4.06. The normalized spacial score (nSPS) is 14.2. The van der Waals surface area contributed by atoms with Gasteiger partial charge in [-0.25, -0.2) is 15.0 Å². The van der Waals surface area contributed by atoms with Crippen molar-refractivity contribution in [2.75, 3.05) is 36.5 Å². The molecule has 9 nitrogen and oxygen atoms in total. The monoisotopic (exact) mass is 483 g/mol. The number of halogens is 3. The molecular weight excluding hydrogens is 463 g/mol. The molecule has 0 bridgehead atoms. The number of hydrogen-bond acceptors (Lipinski definition) is 9. The van der Waals surface area contributed by atoms with Crippen LogP contribution in [0.1, 0.15) is 11.5 Å². The highest BCUT2D eigenvalue weighted by Crippen LogP contribution is 2.29. The molecular formula is C23H20F3N7O2. The van der Waals surface area contributed by atoms with Gasteiger partial charge in [0.25, 0.3) is 0 Å². The second-order valence-corrected chi connectivity index (χ2v) is 7.74. The molecule has 4 heterocycles. The van der Waals surface area contributed by atoms with Crippen molar-refractivity contribution in [3.63, 3.8) is 0 Å². The van der Waals surface area contributed by atoms with Crippen LogP contribution in [0.15, 0.2) is 59.4 Å². The maximum atomic E-state index is 12.6. The van der Waals surface area contributed by atoms with E-state index in [4.69, 9.17) is 4.74 Å². The molecule has 5 rings (SSSR count). The van der Waals surface area contributed by atoms with Crippen molar-refractivity contribution in [3.8, 4) is 22.6 Å². The molecule has 0 amide bonds. The number of anilines is 2. The quantitative estimate of drug-likeness (QED) is 0.435. The number of hydrogen-bond donors (Lipinski definition) is 1. The van der Waals surface area contributed by atoms with Crippen LogP contribution in [-0.4, -0.2) is 51.4 Å². The molecule has 180 valence electrons. The Balaban J connectivity index is 1.22. The molecule has 1 N–H and O–H groups in total. The summed E-state index contributed by atoms with van der Waals surface area (Å²) >= 11 is 0. The minimum atomic E-state index is -4.68. The van der Waals surface area contributed by atoms with E-state index >= 15 is 0 Å². The molecule has 3 aromatic heterocycles. The topological polar surface area (TPSA) is 102 Å². The first-order valence-electron chi connectivity index (χ1n) is 10.8. The van der Waals surface area contributed by atoms with E-state index in [1.165, 1.54) is 0 Å². The lowest BCUT2D eigenvalue weighted by molar-refractivity contribution is -0.159. The van der Waals surface area contributed by atoms with E-state index in [9.17, 15) is 13.2 Å². The van der Waals surface area contributed by atoms with E-state index in [0.29, 0.717) is 31.3 Å². The standard InChI is InChI=1S/C23H20F3N7O2/c24-23(25,26)21-31-20(32-35-21)16-3-1-15(2-4-16)13-29-22-27-8-7-18(30-22)17-5-6-19(28-14-17)33-9-11-34-12-10-33/h1-8,14H,9-13H2,(H,27,29,30). The van der Waals surface area contributed by atoms with Gasteiger partial charge in [-0.1, -0.05) is 29.4 Å². The molecule has 0 aliphatic carbocycles. The van der Waals surface area contributed by atoms with Crippen molar-refractivity contribution in [1.82, 2.24) is 25.1 Å². The van der Waals surface area contributed by atoms with Crippen LogP contribution in [0, 0.1) is 0 Å². The molecule has 0 atom stereocenters. The molecule has 0 radical (unpaired) electrons. The number of ether oxygens (including phenoxy) is 1. The summed E-state index contributed by atoms with van der Waals surface area (Å²) in [6, 6.07) is 12.5. The van der Waals surface area contributed by atoms with E-state index in [2.05, 4.69) is 39.8 Å². The number of nitrogens with one attached hydrogen (secondary N) is 1. The van der Waals surface area contributed by atoms with Crippen molar-refractivity contribution in [2.24, 2.45) is 0 Å². The molecule has 1 saturated heterocycles. The van der Waals surface area contributed by atoms with Crippen LogP contribution in [0.25, 0.3) is 22.6 Å². The molecule has 1 aromatic carbocycles. The Bertz CT molecular complexity index is 1270. The van der Waals surface area contributed by atoms with Gasteiger partial charge < -0.3 is 19.5 Å². The number of nitrogens with zero attached hydrogens (tertiary/aromatic N) is 6. The third-order valence-electron chi connectivity index (χ3n) is 5.37. The molecule has 0 spiro atoms. The summed E-state index contributed by atoms with van der Waals surface area (Å²) in [5.74, 6) is -0.150. The van der Waals surface area contributed by atoms with Crippen LogP contribution >= 0.6 is 0 Å². The van der Waals surface area contributed by atoms with Gasteiger partial charge in [-0.15, -0.1) is 0 Å². The van der Waals surface area contributed by atoms with Gasteiger partial charge in [0.2, 0.25) is 11.8 Å². The van der Waals surface area contributed by atoms with Gasteiger partial charge >= 0.3 is 12.1 Å². The van der Waals surface area contributed by atoms with Crippen molar-refractivity contribution in [1.29, 1.82) is 0 Å². The van der Waals surface area contributed by atoms with Crippen LogP contribution < -0.4 is 10.2 Å². The summed E-state index contributed by atoms with van der Waals surface area (Å²) in [6.07, 6.45) is -1.22. The maximum Gasteiger partial charge on any atom is 0.471 e. The molecule has 1 fully saturated rings. The zero-order valence-corrected chi connectivity index (χ0v) is 18.4. The summed E-state index contributed by atoms with van der Waals surface area (Å²) in [5.41, 5.74) is 2.89. The summed E-state index contributed by atoms with van der Waals surface area (Å²) in [6.45, 7) is 3.45. The number of alkyl halides is 3. The minimum absolute atomic E-state index is 0.124. The predicted molar refractivity (Wildman–Crippen MR) is 120 cm³/mol. The highest BCUT2D eigenvalue weighted by atomic mass is 19.4. The van der Waals surface area contributed by atoms with Crippen LogP contribution in [0.3, 0.4) is 0 Å². The average Bonchev–Trinajstić information content (AvgIpc) is 3.40. The average molecular weight is 483 g/mol. The van der Waals surface area contributed by atoms with Crippen LogP contribution in [-0.2, 0) is 17.5 Å². The fourth-order valence-electron chi connectivity index (χ4n) is 3.53. The van der Waals surface area contributed by atoms with E-state index < -0.39 is 12.1 Å². The van der Waals surface area contributed by atoms with Gasteiger partial charge in [0, 0.05) is 43.2 Å². The summed E-state index contributed by atoms with van der Waals surface area (Å²) in [5, 5.41) is 6.55. The predicted octanol–water partition coefficient (Wildman–Crippen LogP) is 4.06. The number of pyridine rings is 1. The van der Waals surface area contributed by atoms with Gasteiger partial charge in [-0.05, 0) is 23.8 Å². The highest BCUT2D eigenvalue weighted by molar-refractivity contribution is 5.61. The number of morpholine rings is 1. The molecule has 12 heteroatoms. The van der Waals surface area contributed by atoms with Crippen molar-refractivity contribution < 1.29 is 22.4 Å². The fourth-order valence-corrected chi connectivity index (χ4v) is 3.53. The van der Waals surface area contributed by atoms with Gasteiger partial charge in [0.15, 0.2) is 0 Å². The number of rotatable bonds is 6. The molecule has 4 aromatic rings. The fraction of sp³-hybridized carbons (Fsp3) is 0.261. The Morgan fingerprint density at radius 2 is 1.69 bits per heavy atom.